The molecule has 136 valence electrons. The lowest BCUT2D eigenvalue weighted by atomic mass is 10.1. The molecule has 7 nitrogen and oxygen atoms in total. The van der Waals surface area contributed by atoms with E-state index in [0.717, 1.165) is 42.8 Å². The van der Waals surface area contributed by atoms with Gasteiger partial charge in [-0.05, 0) is 31.4 Å². The van der Waals surface area contributed by atoms with Crippen LogP contribution in [0.3, 0.4) is 0 Å². The Labute approximate surface area is 152 Å². The lowest BCUT2D eigenvalue weighted by molar-refractivity contribution is 0.0670. The van der Waals surface area contributed by atoms with Crippen LogP contribution < -0.4 is 5.32 Å². The smallest absolute Gasteiger partial charge is 0.321 e. The van der Waals surface area contributed by atoms with Gasteiger partial charge < -0.3 is 15.1 Å². The Kier molecular flexibility index (Phi) is 4.60. The van der Waals surface area contributed by atoms with Gasteiger partial charge in [-0.15, -0.1) is 0 Å². The number of piperazine rings is 1. The molecular formula is C19H23N5O2. The molecule has 1 N–H and O–H groups in total. The van der Waals surface area contributed by atoms with Crippen molar-refractivity contribution in [1.29, 1.82) is 0 Å². The third kappa shape index (κ3) is 3.29. The van der Waals surface area contributed by atoms with Gasteiger partial charge in [-0.25, -0.2) is 4.79 Å². The summed E-state index contributed by atoms with van der Waals surface area (Å²) in [7, 11) is 0. The predicted octanol–water partition coefficient (Wildman–Crippen LogP) is 2.21. The molecule has 2 aliphatic rings. The van der Waals surface area contributed by atoms with Gasteiger partial charge >= 0.3 is 6.03 Å². The fourth-order valence-electron chi connectivity index (χ4n) is 3.61. The minimum Gasteiger partial charge on any atom is -0.335 e. The standard InChI is InChI=1S/C19H23N5O2/c25-18(16-14-20-24-9-5-4-8-17(16)24)22-10-12-23(13-11-22)19(26)21-15-6-2-1-3-7-15/h1-3,6-7,14H,4-5,8-13H2,(H,21,26). The van der Waals surface area contributed by atoms with Gasteiger partial charge in [-0.2, -0.15) is 5.10 Å². The van der Waals surface area contributed by atoms with E-state index in [1.807, 2.05) is 39.9 Å². The quantitative estimate of drug-likeness (QED) is 0.900. The van der Waals surface area contributed by atoms with Crippen LogP contribution in [0.4, 0.5) is 10.5 Å². The van der Waals surface area contributed by atoms with E-state index in [0.29, 0.717) is 26.2 Å². The van der Waals surface area contributed by atoms with Crippen LogP contribution in [-0.2, 0) is 13.0 Å². The molecule has 0 saturated carbocycles. The lowest BCUT2D eigenvalue weighted by Gasteiger charge is -2.34. The first-order valence-corrected chi connectivity index (χ1v) is 9.17. The van der Waals surface area contributed by atoms with Crippen LogP contribution in [0, 0.1) is 0 Å². The van der Waals surface area contributed by atoms with Gasteiger partial charge in [0.1, 0.15) is 0 Å². The van der Waals surface area contributed by atoms with Crippen molar-refractivity contribution < 1.29 is 9.59 Å². The number of carbonyl (C=O) groups excluding carboxylic acids is 2. The third-order valence-electron chi connectivity index (χ3n) is 5.09. The number of amides is 3. The molecule has 0 aliphatic carbocycles. The maximum atomic E-state index is 12.9. The first kappa shape index (κ1) is 16.6. The summed E-state index contributed by atoms with van der Waals surface area (Å²) in [4.78, 5) is 28.8. The molecule has 0 radical (unpaired) electrons. The van der Waals surface area contributed by atoms with E-state index < -0.39 is 0 Å². The van der Waals surface area contributed by atoms with E-state index in [1.54, 1.807) is 11.1 Å². The van der Waals surface area contributed by atoms with Crippen molar-refractivity contribution in [1.82, 2.24) is 19.6 Å². The molecular weight excluding hydrogens is 330 g/mol. The number of carbonyl (C=O) groups is 2. The van der Waals surface area contributed by atoms with Gasteiger partial charge in [-0.3, -0.25) is 9.48 Å². The van der Waals surface area contributed by atoms with E-state index >= 15 is 0 Å². The van der Waals surface area contributed by atoms with Crippen LogP contribution in [0.1, 0.15) is 28.9 Å². The molecule has 1 saturated heterocycles. The molecule has 2 aliphatic heterocycles. The topological polar surface area (TPSA) is 70.5 Å². The number of aromatic nitrogens is 2. The van der Waals surface area contributed by atoms with Crippen molar-refractivity contribution in [2.24, 2.45) is 0 Å². The molecule has 26 heavy (non-hydrogen) atoms. The van der Waals surface area contributed by atoms with E-state index in [1.165, 1.54) is 0 Å². The minimum atomic E-state index is -0.119. The molecule has 3 heterocycles. The molecule has 1 aromatic carbocycles. The number of rotatable bonds is 2. The molecule has 7 heteroatoms. The van der Waals surface area contributed by atoms with E-state index in [-0.39, 0.29) is 11.9 Å². The summed E-state index contributed by atoms with van der Waals surface area (Å²) in [6.45, 7) is 3.06. The van der Waals surface area contributed by atoms with Gasteiger partial charge in [0.15, 0.2) is 0 Å². The second-order valence-electron chi connectivity index (χ2n) is 6.76. The van der Waals surface area contributed by atoms with Crippen molar-refractivity contribution in [2.45, 2.75) is 25.8 Å². The number of nitrogens with zero attached hydrogens (tertiary/aromatic N) is 4. The number of aryl methyl sites for hydroxylation is 1. The van der Waals surface area contributed by atoms with Crippen LogP contribution in [0.2, 0.25) is 0 Å². The van der Waals surface area contributed by atoms with Crippen LogP contribution in [0.5, 0.6) is 0 Å². The Morgan fingerprint density at radius 1 is 0.923 bits per heavy atom. The van der Waals surface area contributed by atoms with Crippen LogP contribution in [-0.4, -0.2) is 57.7 Å². The maximum absolute atomic E-state index is 12.9. The second-order valence-corrected chi connectivity index (χ2v) is 6.76. The number of hydrogen-bond acceptors (Lipinski definition) is 3. The highest BCUT2D eigenvalue weighted by atomic mass is 16.2. The molecule has 0 atom stereocenters. The molecule has 0 spiro atoms. The third-order valence-corrected chi connectivity index (χ3v) is 5.09. The van der Waals surface area contributed by atoms with Crippen LogP contribution >= 0.6 is 0 Å². The summed E-state index contributed by atoms with van der Waals surface area (Å²) in [5, 5.41) is 7.25. The van der Waals surface area contributed by atoms with Gasteiger partial charge in [0.2, 0.25) is 0 Å². The number of para-hydroxylation sites is 1. The normalized spacial score (nSPS) is 16.9. The molecule has 0 bridgehead atoms. The highest BCUT2D eigenvalue weighted by Gasteiger charge is 2.28. The van der Waals surface area contributed by atoms with Crippen molar-refractivity contribution in [3.8, 4) is 0 Å². The monoisotopic (exact) mass is 353 g/mol. The average Bonchev–Trinajstić information content (AvgIpc) is 3.12. The fourth-order valence-corrected chi connectivity index (χ4v) is 3.61. The number of benzene rings is 1. The first-order valence-electron chi connectivity index (χ1n) is 9.17. The van der Waals surface area contributed by atoms with Crippen molar-refractivity contribution in [3.05, 3.63) is 47.8 Å². The van der Waals surface area contributed by atoms with E-state index in [9.17, 15) is 9.59 Å². The zero-order valence-corrected chi connectivity index (χ0v) is 14.7. The van der Waals surface area contributed by atoms with Crippen molar-refractivity contribution in [3.63, 3.8) is 0 Å². The summed E-state index contributed by atoms with van der Waals surface area (Å²) in [6, 6.07) is 9.29. The summed E-state index contributed by atoms with van der Waals surface area (Å²) in [6.07, 6.45) is 4.86. The first-order chi connectivity index (χ1) is 12.7. The van der Waals surface area contributed by atoms with Gasteiger partial charge in [0.05, 0.1) is 17.5 Å². The minimum absolute atomic E-state index is 0.0382. The Morgan fingerprint density at radius 3 is 2.42 bits per heavy atom. The molecule has 1 fully saturated rings. The zero-order valence-electron chi connectivity index (χ0n) is 14.7. The second kappa shape index (κ2) is 7.19. The Bertz CT molecular complexity index is 794. The number of fused-ring (bicyclic) bond motifs is 1. The predicted molar refractivity (Wildman–Crippen MR) is 98.1 cm³/mol. The molecule has 2 aromatic rings. The van der Waals surface area contributed by atoms with Gasteiger partial charge in [0.25, 0.3) is 5.91 Å². The van der Waals surface area contributed by atoms with Crippen LogP contribution in [0.15, 0.2) is 36.5 Å². The van der Waals surface area contributed by atoms with Crippen molar-refractivity contribution in [2.75, 3.05) is 31.5 Å². The van der Waals surface area contributed by atoms with E-state index in [2.05, 4.69) is 10.4 Å². The largest absolute Gasteiger partial charge is 0.335 e. The number of urea groups is 1. The van der Waals surface area contributed by atoms with Crippen molar-refractivity contribution >= 4 is 17.6 Å². The number of anilines is 1. The maximum Gasteiger partial charge on any atom is 0.321 e. The molecule has 0 unspecified atom stereocenters. The lowest BCUT2D eigenvalue weighted by Crippen LogP contribution is -2.51. The summed E-state index contributed by atoms with van der Waals surface area (Å²) < 4.78 is 1.96. The van der Waals surface area contributed by atoms with Crippen LogP contribution in [0.25, 0.3) is 0 Å². The number of nitrogens with one attached hydrogen (secondary N) is 1. The average molecular weight is 353 g/mol. The van der Waals surface area contributed by atoms with E-state index in [4.69, 9.17) is 0 Å². The highest BCUT2D eigenvalue weighted by molar-refractivity contribution is 5.95. The summed E-state index contributed by atoms with van der Waals surface area (Å²) in [5.41, 5.74) is 2.57. The van der Waals surface area contributed by atoms with Gasteiger partial charge in [-0.1, -0.05) is 18.2 Å². The Morgan fingerprint density at radius 2 is 1.65 bits per heavy atom. The highest BCUT2D eigenvalue weighted by Crippen LogP contribution is 2.20. The Hall–Kier alpha value is -2.83. The zero-order chi connectivity index (χ0) is 17.9. The molecule has 3 amide bonds. The fraction of sp³-hybridized carbons (Fsp3) is 0.421. The number of hydrogen-bond donors (Lipinski definition) is 1. The molecule has 4 rings (SSSR count). The summed E-state index contributed by atoms with van der Waals surface area (Å²) in [5.74, 6) is 0.0382. The molecule has 1 aromatic heterocycles. The SMILES string of the molecule is O=C(Nc1ccccc1)N1CCN(C(=O)c2cnn3c2CCCC3)CC1. The summed E-state index contributed by atoms with van der Waals surface area (Å²) >= 11 is 0. The van der Waals surface area contributed by atoms with Gasteiger partial charge in [0, 0.05) is 38.4 Å². The Balaban J connectivity index is 1.35.